The standard InChI is InChI=1S/C31H38ClN5O4/c1-19-17-23(38)26-24(19)27(34-18-33-26)35-13-15-36(16-14-35)28(39)25(20-5-7-21(32)8-6-20)22-9-10-31(11-12-31)37(22)29(40)41-30(2,3)4/h5-8,17-19,22,25,38H,9-16H2,1-4H3/t19-,22+,25+/m1/s1. The maximum absolute atomic E-state index is 14.4. The summed E-state index contributed by atoms with van der Waals surface area (Å²) in [6.45, 7) is 9.93. The molecule has 218 valence electrons. The molecule has 1 saturated carbocycles. The van der Waals surface area contributed by atoms with Crippen molar-refractivity contribution in [1.29, 1.82) is 0 Å². The van der Waals surface area contributed by atoms with Crippen molar-refractivity contribution >= 4 is 35.2 Å². The first-order chi connectivity index (χ1) is 19.5. The SMILES string of the molecule is C[C@@H]1C=C(O)c2ncnc(N3CCN(C(=O)[C@@H](c4ccc(Cl)cc4)[C@@H]4CCC5(CC5)N4C(=O)OC(C)(C)C)CC3)c21. The number of rotatable bonds is 4. The number of carbonyl (C=O) groups is 2. The van der Waals surface area contributed by atoms with E-state index in [2.05, 4.69) is 14.9 Å². The minimum atomic E-state index is -0.624. The Kier molecular flexibility index (Phi) is 6.91. The molecule has 10 heteroatoms. The molecular weight excluding hydrogens is 542 g/mol. The van der Waals surface area contributed by atoms with Crippen molar-refractivity contribution in [2.24, 2.45) is 0 Å². The minimum absolute atomic E-state index is 0.0174. The number of aliphatic hydroxyl groups excluding tert-OH is 1. The fourth-order valence-electron chi connectivity index (χ4n) is 6.80. The van der Waals surface area contributed by atoms with Gasteiger partial charge in [-0.15, -0.1) is 0 Å². The number of fused-ring (bicyclic) bond motifs is 1. The van der Waals surface area contributed by atoms with Gasteiger partial charge in [0.25, 0.3) is 0 Å². The predicted octanol–water partition coefficient (Wildman–Crippen LogP) is 5.51. The average molecular weight is 580 g/mol. The molecule has 4 aliphatic rings. The van der Waals surface area contributed by atoms with Gasteiger partial charge in [-0.25, -0.2) is 14.8 Å². The highest BCUT2D eigenvalue weighted by molar-refractivity contribution is 6.30. The van der Waals surface area contributed by atoms with Crippen molar-refractivity contribution < 1.29 is 19.4 Å². The molecule has 9 nitrogen and oxygen atoms in total. The Morgan fingerprint density at radius 1 is 1.07 bits per heavy atom. The zero-order valence-corrected chi connectivity index (χ0v) is 24.9. The van der Waals surface area contributed by atoms with Crippen molar-refractivity contribution in [3.8, 4) is 0 Å². The molecular formula is C31H38ClN5O4. The maximum atomic E-state index is 14.4. The Morgan fingerprint density at radius 3 is 2.39 bits per heavy atom. The molecule has 2 aromatic rings. The van der Waals surface area contributed by atoms with E-state index < -0.39 is 11.5 Å². The van der Waals surface area contributed by atoms with Gasteiger partial charge in [-0.3, -0.25) is 9.69 Å². The van der Waals surface area contributed by atoms with Gasteiger partial charge in [0.15, 0.2) is 0 Å². The van der Waals surface area contributed by atoms with Crippen LogP contribution in [0.5, 0.6) is 0 Å². The van der Waals surface area contributed by atoms with Crippen molar-refractivity contribution in [2.45, 2.75) is 82.4 Å². The number of aliphatic hydroxyl groups is 1. The summed E-state index contributed by atoms with van der Waals surface area (Å²) < 4.78 is 5.87. The van der Waals surface area contributed by atoms with Crippen LogP contribution in [0.25, 0.3) is 5.76 Å². The molecule has 3 heterocycles. The minimum Gasteiger partial charge on any atom is -0.506 e. The molecule has 0 radical (unpaired) electrons. The van der Waals surface area contributed by atoms with Gasteiger partial charge in [0.2, 0.25) is 5.91 Å². The van der Waals surface area contributed by atoms with Crippen LogP contribution >= 0.6 is 11.6 Å². The first kappa shape index (κ1) is 27.8. The number of benzene rings is 1. The van der Waals surface area contributed by atoms with E-state index in [0.29, 0.717) is 36.9 Å². The number of ether oxygens (including phenoxy) is 1. The lowest BCUT2D eigenvalue weighted by Gasteiger charge is -2.41. The van der Waals surface area contributed by atoms with E-state index in [1.54, 1.807) is 6.08 Å². The van der Waals surface area contributed by atoms with Gasteiger partial charge in [-0.2, -0.15) is 0 Å². The third-order valence-electron chi connectivity index (χ3n) is 8.91. The molecule has 2 aliphatic carbocycles. The topological polar surface area (TPSA) is 99.1 Å². The van der Waals surface area contributed by atoms with Gasteiger partial charge in [-0.1, -0.05) is 30.7 Å². The molecule has 41 heavy (non-hydrogen) atoms. The second-order valence-corrected chi connectivity index (χ2v) is 13.3. The Labute approximate surface area is 246 Å². The third kappa shape index (κ3) is 5.13. The predicted molar refractivity (Wildman–Crippen MR) is 157 cm³/mol. The lowest BCUT2D eigenvalue weighted by molar-refractivity contribution is -0.134. The van der Waals surface area contributed by atoms with E-state index in [9.17, 15) is 14.7 Å². The molecule has 6 rings (SSSR count). The second-order valence-electron chi connectivity index (χ2n) is 12.8. The molecule has 1 aromatic carbocycles. The van der Waals surface area contributed by atoms with E-state index in [1.807, 2.05) is 61.8 Å². The Balaban J connectivity index is 1.25. The van der Waals surface area contributed by atoms with E-state index in [-0.39, 0.29) is 35.3 Å². The summed E-state index contributed by atoms with van der Waals surface area (Å²) in [5.41, 5.74) is 1.54. The summed E-state index contributed by atoms with van der Waals surface area (Å²) >= 11 is 6.23. The second kappa shape index (κ2) is 10.2. The smallest absolute Gasteiger partial charge is 0.411 e. The first-order valence-corrected chi connectivity index (χ1v) is 14.9. The number of allylic oxidation sites excluding steroid dienone is 1. The lowest BCUT2D eigenvalue weighted by Crippen LogP contribution is -2.54. The fraction of sp³-hybridized carbons (Fsp3) is 0.548. The van der Waals surface area contributed by atoms with Gasteiger partial charge >= 0.3 is 6.09 Å². The summed E-state index contributed by atoms with van der Waals surface area (Å²) in [6, 6.07) is 7.16. The van der Waals surface area contributed by atoms with Gasteiger partial charge in [0, 0.05) is 48.2 Å². The van der Waals surface area contributed by atoms with Crippen molar-refractivity contribution in [3.05, 3.63) is 58.5 Å². The Bertz CT molecular complexity index is 1380. The van der Waals surface area contributed by atoms with Crippen molar-refractivity contribution in [1.82, 2.24) is 19.8 Å². The van der Waals surface area contributed by atoms with Gasteiger partial charge in [0.1, 0.15) is 29.2 Å². The largest absolute Gasteiger partial charge is 0.506 e. The molecule has 0 bridgehead atoms. The van der Waals surface area contributed by atoms with Crippen molar-refractivity contribution in [3.63, 3.8) is 0 Å². The number of halogens is 1. The number of hydrogen-bond acceptors (Lipinski definition) is 7. The number of hydrogen-bond donors (Lipinski definition) is 1. The zero-order valence-electron chi connectivity index (χ0n) is 24.1. The molecule has 1 spiro atoms. The van der Waals surface area contributed by atoms with E-state index >= 15 is 0 Å². The zero-order chi connectivity index (χ0) is 29.1. The summed E-state index contributed by atoms with van der Waals surface area (Å²) in [4.78, 5) is 42.8. The molecule has 1 N–H and O–H groups in total. The quantitative estimate of drug-likeness (QED) is 0.510. The summed E-state index contributed by atoms with van der Waals surface area (Å²) in [6.07, 6.45) is 6.45. The van der Waals surface area contributed by atoms with Crippen LogP contribution in [0.15, 0.2) is 36.7 Å². The third-order valence-corrected chi connectivity index (χ3v) is 9.16. The molecule has 0 unspecified atom stereocenters. The number of carbonyl (C=O) groups excluding carboxylic acids is 2. The highest BCUT2D eigenvalue weighted by Crippen LogP contribution is 2.55. The number of piperazine rings is 1. The highest BCUT2D eigenvalue weighted by atomic mass is 35.5. The molecule has 3 fully saturated rings. The molecule has 2 amide bonds. The van der Waals surface area contributed by atoms with Crippen LogP contribution in [0, 0.1) is 0 Å². The van der Waals surface area contributed by atoms with Crippen LogP contribution in [-0.2, 0) is 9.53 Å². The van der Waals surface area contributed by atoms with E-state index in [1.165, 1.54) is 6.33 Å². The van der Waals surface area contributed by atoms with Crippen LogP contribution in [0.2, 0.25) is 5.02 Å². The van der Waals surface area contributed by atoms with Crippen LogP contribution in [0.1, 0.15) is 82.0 Å². The van der Waals surface area contributed by atoms with Gasteiger partial charge in [0.05, 0.1) is 12.0 Å². The summed E-state index contributed by atoms with van der Waals surface area (Å²) in [7, 11) is 0. The van der Waals surface area contributed by atoms with Crippen molar-refractivity contribution in [2.75, 3.05) is 31.1 Å². The van der Waals surface area contributed by atoms with E-state index in [0.717, 1.165) is 42.6 Å². The number of aromatic nitrogens is 2. The molecule has 2 aliphatic heterocycles. The van der Waals surface area contributed by atoms with Crippen LogP contribution in [-0.4, -0.2) is 80.2 Å². The molecule has 1 aromatic heterocycles. The van der Waals surface area contributed by atoms with Crippen LogP contribution in [0.3, 0.4) is 0 Å². The number of nitrogens with zero attached hydrogens (tertiary/aromatic N) is 5. The highest BCUT2D eigenvalue weighted by Gasteiger charge is 2.60. The Morgan fingerprint density at radius 2 is 1.76 bits per heavy atom. The summed E-state index contributed by atoms with van der Waals surface area (Å²) in [5, 5.41) is 10.9. The molecule has 3 atom stereocenters. The van der Waals surface area contributed by atoms with Crippen LogP contribution < -0.4 is 4.90 Å². The van der Waals surface area contributed by atoms with Gasteiger partial charge < -0.3 is 19.6 Å². The fourth-order valence-corrected chi connectivity index (χ4v) is 6.93. The van der Waals surface area contributed by atoms with Crippen LogP contribution in [0.4, 0.5) is 10.6 Å². The maximum Gasteiger partial charge on any atom is 0.411 e. The lowest BCUT2D eigenvalue weighted by atomic mass is 9.88. The monoisotopic (exact) mass is 579 g/mol. The normalized spacial score (nSPS) is 23.8. The number of anilines is 1. The van der Waals surface area contributed by atoms with E-state index in [4.69, 9.17) is 16.3 Å². The molecule has 2 saturated heterocycles. The Hall–Kier alpha value is -3.33. The number of likely N-dealkylation sites (tertiary alicyclic amines) is 1. The summed E-state index contributed by atoms with van der Waals surface area (Å²) in [5.74, 6) is 0.521. The van der Waals surface area contributed by atoms with Gasteiger partial charge in [-0.05, 0) is 70.2 Å². The first-order valence-electron chi connectivity index (χ1n) is 14.5. The average Bonchev–Trinajstić information content (AvgIpc) is 3.52. The number of amides is 2.